The molecule has 168 valence electrons. The third-order valence-corrected chi connectivity index (χ3v) is 6.77. The summed E-state index contributed by atoms with van der Waals surface area (Å²) in [7, 11) is 0. The molecular formula is C25H26N6OS. The van der Waals surface area contributed by atoms with Crippen molar-refractivity contribution in [3.05, 3.63) is 60.3 Å². The van der Waals surface area contributed by atoms with Gasteiger partial charge in [-0.25, -0.2) is 0 Å². The van der Waals surface area contributed by atoms with E-state index in [4.69, 9.17) is 0 Å². The summed E-state index contributed by atoms with van der Waals surface area (Å²) < 4.78 is 1.98. The van der Waals surface area contributed by atoms with E-state index in [0.29, 0.717) is 11.0 Å². The van der Waals surface area contributed by atoms with E-state index in [2.05, 4.69) is 32.6 Å². The van der Waals surface area contributed by atoms with E-state index in [0.717, 1.165) is 27.7 Å². The number of aromatic amines is 1. The predicted octanol–water partition coefficient (Wildman–Crippen LogP) is 4.87. The van der Waals surface area contributed by atoms with Gasteiger partial charge < -0.3 is 10.3 Å². The zero-order valence-electron chi connectivity index (χ0n) is 19.1. The number of nitrogens with zero attached hydrogens (tertiary/aromatic N) is 4. The molecule has 8 heteroatoms. The SMILES string of the molecule is Cc1cccc(-n2c(SCC(=O)NC(C)(C#N)C(C)C)nnc2-c2c[nH]c3ccccc23)c1. The maximum Gasteiger partial charge on any atom is 0.231 e. The molecule has 7 nitrogen and oxygen atoms in total. The highest BCUT2D eigenvalue weighted by Gasteiger charge is 2.30. The molecule has 2 N–H and O–H groups in total. The molecule has 1 amide bonds. The van der Waals surface area contributed by atoms with Crippen LogP contribution in [0.5, 0.6) is 0 Å². The van der Waals surface area contributed by atoms with Gasteiger partial charge in [-0.15, -0.1) is 10.2 Å². The first-order valence-corrected chi connectivity index (χ1v) is 11.7. The number of amides is 1. The number of H-pyrrole nitrogens is 1. The Morgan fingerprint density at radius 2 is 2.03 bits per heavy atom. The standard InChI is InChI=1S/C25H26N6OS/c1-16(2)25(4,15-26)28-22(32)14-33-24-30-29-23(31(24)18-9-7-8-17(3)12-18)20-13-27-21-11-6-5-10-19(20)21/h5-13,16,27H,14H2,1-4H3,(H,28,32). The Bertz CT molecular complexity index is 1350. The number of fused-ring (bicyclic) bond motifs is 1. The van der Waals surface area contributed by atoms with Gasteiger partial charge in [0.15, 0.2) is 11.0 Å². The maximum atomic E-state index is 12.7. The second-order valence-electron chi connectivity index (χ2n) is 8.53. The Kier molecular flexibility index (Phi) is 6.25. The average Bonchev–Trinajstić information content (AvgIpc) is 3.41. The lowest BCUT2D eigenvalue weighted by Crippen LogP contribution is -2.49. The van der Waals surface area contributed by atoms with Gasteiger partial charge in [0.05, 0.1) is 11.8 Å². The molecule has 0 spiro atoms. The van der Waals surface area contributed by atoms with E-state index in [1.165, 1.54) is 11.8 Å². The Morgan fingerprint density at radius 1 is 1.24 bits per heavy atom. The largest absolute Gasteiger partial charge is 0.360 e. The normalized spacial score (nSPS) is 13.1. The fraction of sp³-hybridized carbons (Fsp3) is 0.280. The molecule has 0 aliphatic heterocycles. The van der Waals surface area contributed by atoms with Gasteiger partial charge >= 0.3 is 0 Å². The van der Waals surface area contributed by atoms with Gasteiger partial charge in [-0.3, -0.25) is 9.36 Å². The summed E-state index contributed by atoms with van der Waals surface area (Å²) in [5, 5.41) is 22.9. The highest BCUT2D eigenvalue weighted by Crippen LogP contribution is 2.32. The highest BCUT2D eigenvalue weighted by molar-refractivity contribution is 7.99. The van der Waals surface area contributed by atoms with Crippen molar-refractivity contribution in [1.29, 1.82) is 5.26 Å². The summed E-state index contributed by atoms with van der Waals surface area (Å²) in [5.74, 6) is 0.595. The predicted molar refractivity (Wildman–Crippen MR) is 131 cm³/mol. The molecule has 0 fully saturated rings. The fourth-order valence-electron chi connectivity index (χ4n) is 3.55. The first-order valence-electron chi connectivity index (χ1n) is 10.8. The Morgan fingerprint density at radius 3 is 2.76 bits per heavy atom. The van der Waals surface area contributed by atoms with Crippen LogP contribution in [0.3, 0.4) is 0 Å². The zero-order chi connectivity index (χ0) is 23.6. The lowest BCUT2D eigenvalue weighted by atomic mass is 9.90. The second-order valence-corrected chi connectivity index (χ2v) is 9.48. The van der Waals surface area contributed by atoms with Crippen LogP contribution >= 0.6 is 11.8 Å². The number of aryl methyl sites for hydroxylation is 1. The maximum absolute atomic E-state index is 12.7. The third kappa shape index (κ3) is 4.50. The molecule has 0 bridgehead atoms. The van der Waals surface area contributed by atoms with E-state index in [-0.39, 0.29) is 17.6 Å². The molecule has 1 unspecified atom stereocenters. The van der Waals surface area contributed by atoms with E-state index >= 15 is 0 Å². The first-order chi connectivity index (χ1) is 15.8. The van der Waals surface area contributed by atoms with Crippen LogP contribution in [0.15, 0.2) is 59.9 Å². The molecule has 0 saturated carbocycles. The van der Waals surface area contributed by atoms with Crippen molar-refractivity contribution in [1.82, 2.24) is 25.1 Å². The lowest BCUT2D eigenvalue weighted by molar-refractivity contribution is -0.120. The van der Waals surface area contributed by atoms with Crippen LogP contribution in [0.4, 0.5) is 0 Å². The molecule has 4 aromatic rings. The summed E-state index contributed by atoms with van der Waals surface area (Å²) >= 11 is 1.30. The van der Waals surface area contributed by atoms with Gasteiger partial charge in [0.25, 0.3) is 0 Å². The molecule has 0 saturated heterocycles. The summed E-state index contributed by atoms with van der Waals surface area (Å²) in [6.07, 6.45) is 1.93. The summed E-state index contributed by atoms with van der Waals surface area (Å²) in [6, 6.07) is 18.4. The molecule has 2 heterocycles. The van der Waals surface area contributed by atoms with Crippen molar-refractivity contribution in [3.63, 3.8) is 0 Å². The first kappa shape index (κ1) is 22.6. The average molecular weight is 459 g/mol. The molecule has 0 radical (unpaired) electrons. The number of benzene rings is 2. The highest BCUT2D eigenvalue weighted by atomic mass is 32.2. The number of carbonyl (C=O) groups excluding carboxylic acids is 1. The number of hydrogen-bond acceptors (Lipinski definition) is 5. The van der Waals surface area contributed by atoms with Crippen LogP contribution in [0.25, 0.3) is 28.0 Å². The Hall–Kier alpha value is -3.57. The number of thioether (sulfide) groups is 1. The smallest absolute Gasteiger partial charge is 0.231 e. The number of nitrogens with one attached hydrogen (secondary N) is 2. The molecule has 1 atom stereocenters. The molecular weight excluding hydrogens is 432 g/mol. The van der Waals surface area contributed by atoms with Crippen LogP contribution in [0.2, 0.25) is 0 Å². The number of hydrogen-bond donors (Lipinski definition) is 2. The van der Waals surface area contributed by atoms with Crippen molar-refractivity contribution < 1.29 is 4.79 Å². The van der Waals surface area contributed by atoms with Gasteiger partial charge in [-0.2, -0.15) is 5.26 Å². The number of rotatable bonds is 7. The molecule has 4 rings (SSSR count). The quantitative estimate of drug-likeness (QED) is 0.385. The summed E-state index contributed by atoms with van der Waals surface area (Å²) in [4.78, 5) is 16.0. The van der Waals surface area contributed by atoms with E-state index in [1.807, 2.05) is 74.0 Å². The number of para-hydroxylation sites is 1. The van der Waals surface area contributed by atoms with Crippen molar-refractivity contribution in [3.8, 4) is 23.1 Å². The van der Waals surface area contributed by atoms with Crippen LogP contribution in [-0.2, 0) is 4.79 Å². The zero-order valence-corrected chi connectivity index (χ0v) is 19.9. The number of carbonyl (C=O) groups is 1. The van der Waals surface area contributed by atoms with E-state index in [9.17, 15) is 10.1 Å². The minimum Gasteiger partial charge on any atom is -0.360 e. The number of nitriles is 1. The van der Waals surface area contributed by atoms with Crippen LogP contribution in [0, 0.1) is 24.2 Å². The fourth-order valence-corrected chi connectivity index (χ4v) is 4.30. The molecule has 33 heavy (non-hydrogen) atoms. The minimum absolute atomic E-state index is 0.0131. The molecule has 2 aromatic carbocycles. The molecule has 2 aromatic heterocycles. The van der Waals surface area contributed by atoms with Crippen LogP contribution < -0.4 is 5.32 Å². The topological polar surface area (TPSA) is 99.4 Å². The van der Waals surface area contributed by atoms with Gasteiger partial charge in [-0.05, 0) is 43.5 Å². The van der Waals surface area contributed by atoms with Gasteiger partial charge in [0, 0.05) is 28.4 Å². The van der Waals surface area contributed by atoms with Gasteiger partial charge in [-0.1, -0.05) is 55.9 Å². The summed E-state index contributed by atoms with van der Waals surface area (Å²) in [5.41, 5.74) is 3.07. The Balaban J connectivity index is 1.70. The molecule has 0 aliphatic rings. The Labute approximate surface area is 197 Å². The van der Waals surface area contributed by atoms with Crippen molar-refractivity contribution in [2.24, 2.45) is 5.92 Å². The third-order valence-electron chi connectivity index (χ3n) is 5.84. The van der Waals surface area contributed by atoms with Gasteiger partial charge in [0.1, 0.15) is 5.54 Å². The van der Waals surface area contributed by atoms with Crippen molar-refractivity contribution in [2.75, 3.05) is 5.75 Å². The van der Waals surface area contributed by atoms with E-state index < -0.39 is 5.54 Å². The van der Waals surface area contributed by atoms with Crippen LogP contribution in [0.1, 0.15) is 26.3 Å². The van der Waals surface area contributed by atoms with Crippen LogP contribution in [-0.4, -0.2) is 36.9 Å². The lowest BCUT2D eigenvalue weighted by Gasteiger charge is -2.27. The van der Waals surface area contributed by atoms with Gasteiger partial charge in [0.2, 0.25) is 5.91 Å². The van der Waals surface area contributed by atoms with Crippen molar-refractivity contribution in [2.45, 2.75) is 38.4 Å². The number of aromatic nitrogens is 4. The second kappa shape index (κ2) is 9.12. The van der Waals surface area contributed by atoms with E-state index in [1.54, 1.807) is 6.92 Å². The summed E-state index contributed by atoms with van der Waals surface area (Å²) in [6.45, 7) is 7.61. The monoisotopic (exact) mass is 458 g/mol. The van der Waals surface area contributed by atoms with Crippen molar-refractivity contribution >= 4 is 28.6 Å². The molecule has 0 aliphatic carbocycles. The minimum atomic E-state index is -0.920.